The van der Waals surface area contributed by atoms with Crippen LogP contribution in [0.2, 0.25) is 0 Å². The highest BCUT2D eigenvalue weighted by molar-refractivity contribution is 6.08. The highest BCUT2D eigenvalue weighted by Gasteiger charge is 2.43. The fourth-order valence-corrected chi connectivity index (χ4v) is 3.08. The Morgan fingerprint density at radius 2 is 2.21 bits per heavy atom. The molecule has 1 aliphatic carbocycles. The Bertz CT molecular complexity index is 368. The molecule has 2 aliphatic rings. The van der Waals surface area contributed by atoms with Crippen molar-refractivity contribution >= 4 is 11.6 Å². The van der Waals surface area contributed by atoms with Crippen molar-refractivity contribution in [1.29, 1.82) is 0 Å². The number of aliphatic hydroxyl groups is 1. The van der Waals surface area contributed by atoms with Crippen molar-refractivity contribution in [3.63, 3.8) is 0 Å². The molecule has 0 aromatic heterocycles. The van der Waals surface area contributed by atoms with Crippen molar-refractivity contribution in [2.75, 3.05) is 6.54 Å². The summed E-state index contributed by atoms with van der Waals surface area (Å²) in [6.07, 6.45) is 3.78. The van der Waals surface area contributed by atoms with Crippen LogP contribution in [-0.4, -0.2) is 40.4 Å². The number of hydrogen-bond acceptors (Lipinski definition) is 4. The molecule has 0 saturated heterocycles. The van der Waals surface area contributed by atoms with Crippen molar-refractivity contribution in [1.82, 2.24) is 5.01 Å². The lowest BCUT2D eigenvalue weighted by Gasteiger charge is -2.24. The van der Waals surface area contributed by atoms with Crippen molar-refractivity contribution < 1.29 is 9.90 Å². The van der Waals surface area contributed by atoms with Gasteiger partial charge in [0, 0.05) is 0 Å². The molecule has 1 saturated carbocycles. The van der Waals surface area contributed by atoms with E-state index in [2.05, 4.69) is 18.9 Å². The zero-order chi connectivity index (χ0) is 14.0. The first-order valence-corrected chi connectivity index (χ1v) is 7.35. The largest absolute Gasteiger partial charge is 0.391 e. The summed E-state index contributed by atoms with van der Waals surface area (Å²) in [4.78, 5) is 12.5. The second kappa shape index (κ2) is 6.01. The molecule has 2 rings (SSSR count). The Morgan fingerprint density at radius 3 is 2.74 bits per heavy atom. The molecule has 1 aliphatic heterocycles. The second-order valence-corrected chi connectivity index (χ2v) is 5.91. The molecule has 3 unspecified atom stereocenters. The van der Waals surface area contributed by atoms with Crippen LogP contribution in [0.4, 0.5) is 0 Å². The molecule has 0 radical (unpaired) electrons. The lowest BCUT2D eigenvalue weighted by atomic mass is 9.90. The third kappa shape index (κ3) is 2.82. The van der Waals surface area contributed by atoms with Crippen molar-refractivity contribution in [3.05, 3.63) is 0 Å². The molecule has 3 N–H and O–H groups in total. The van der Waals surface area contributed by atoms with E-state index < -0.39 is 6.10 Å². The summed E-state index contributed by atoms with van der Waals surface area (Å²) in [7, 11) is 0. The van der Waals surface area contributed by atoms with Gasteiger partial charge in [-0.2, -0.15) is 5.10 Å². The van der Waals surface area contributed by atoms with Crippen LogP contribution in [0.3, 0.4) is 0 Å². The lowest BCUT2D eigenvalue weighted by molar-refractivity contribution is -0.135. The van der Waals surface area contributed by atoms with Crippen molar-refractivity contribution in [2.45, 2.75) is 58.1 Å². The maximum absolute atomic E-state index is 12.5. The molecular weight excluding hydrogens is 242 g/mol. The quantitative estimate of drug-likeness (QED) is 0.783. The van der Waals surface area contributed by atoms with E-state index in [1.54, 1.807) is 5.01 Å². The van der Waals surface area contributed by atoms with Crippen molar-refractivity contribution in [3.8, 4) is 0 Å². The fraction of sp³-hybridized carbons (Fsp3) is 0.857. The number of hydrazone groups is 1. The van der Waals surface area contributed by atoms with Gasteiger partial charge in [-0.25, -0.2) is 5.01 Å². The standard InChI is InChI=1S/C14H25N3O2/c1-9(2)13-10(5-4-8-15)14(19)17(16-13)11-6-3-7-12(11)18/h9-12,18H,3-8,15H2,1-2H3. The summed E-state index contributed by atoms with van der Waals surface area (Å²) in [5, 5.41) is 16.1. The third-order valence-corrected chi connectivity index (χ3v) is 4.15. The van der Waals surface area contributed by atoms with Crippen LogP contribution in [-0.2, 0) is 4.79 Å². The normalized spacial score (nSPS) is 31.4. The predicted molar refractivity (Wildman–Crippen MR) is 74.5 cm³/mol. The molecular formula is C14H25N3O2. The Balaban J connectivity index is 2.15. The first-order valence-electron chi connectivity index (χ1n) is 7.35. The first-order chi connectivity index (χ1) is 9.06. The zero-order valence-electron chi connectivity index (χ0n) is 11.9. The average Bonchev–Trinajstić information content (AvgIpc) is 2.91. The summed E-state index contributed by atoms with van der Waals surface area (Å²) in [6, 6.07) is -0.121. The number of carbonyl (C=O) groups is 1. The fourth-order valence-electron chi connectivity index (χ4n) is 3.08. The van der Waals surface area contributed by atoms with E-state index in [0.29, 0.717) is 6.54 Å². The van der Waals surface area contributed by atoms with Crippen LogP contribution in [0.1, 0.15) is 46.0 Å². The van der Waals surface area contributed by atoms with Gasteiger partial charge in [0.1, 0.15) is 0 Å². The molecule has 3 atom stereocenters. The number of nitrogens with two attached hydrogens (primary N) is 1. The van der Waals surface area contributed by atoms with Gasteiger partial charge in [-0.1, -0.05) is 13.8 Å². The van der Waals surface area contributed by atoms with Crippen LogP contribution in [0.25, 0.3) is 0 Å². The average molecular weight is 267 g/mol. The minimum Gasteiger partial charge on any atom is -0.391 e. The van der Waals surface area contributed by atoms with Gasteiger partial charge in [0.05, 0.1) is 23.8 Å². The molecule has 19 heavy (non-hydrogen) atoms. The molecule has 5 heteroatoms. The molecule has 1 heterocycles. The van der Waals surface area contributed by atoms with E-state index in [9.17, 15) is 9.90 Å². The molecule has 5 nitrogen and oxygen atoms in total. The number of rotatable bonds is 5. The highest BCUT2D eigenvalue weighted by Crippen LogP contribution is 2.32. The smallest absolute Gasteiger partial charge is 0.251 e. The van der Waals surface area contributed by atoms with Gasteiger partial charge < -0.3 is 10.8 Å². The molecule has 0 aromatic rings. The molecule has 0 aromatic carbocycles. The molecule has 0 bridgehead atoms. The van der Waals surface area contributed by atoms with Crippen LogP contribution < -0.4 is 5.73 Å². The third-order valence-electron chi connectivity index (χ3n) is 4.15. The maximum Gasteiger partial charge on any atom is 0.251 e. The number of nitrogens with zero attached hydrogens (tertiary/aromatic N) is 2. The summed E-state index contributed by atoms with van der Waals surface area (Å²) in [5.74, 6) is 0.190. The van der Waals surface area contributed by atoms with Gasteiger partial charge in [0.2, 0.25) is 0 Å². The first kappa shape index (κ1) is 14.5. The molecule has 1 amide bonds. The lowest BCUT2D eigenvalue weighted by Crippen LogP contribution is -2.40. The monoisotopic (exact) mass is 267 g/mol. The van der Waals surface area contributed by atoms with Crippen LogP contribution >= 0.6 is 0 Å². The molecule has 108 valence electrons. The second-order valence-electron chi connectivity index (χ2n) is 5.91. The van der Waals surface area contributed by atoms with E-state index >= 15 is 0 Å². The SMILES string of the molecule is CC(C)C1=NN(C2CCCC2O)C(=O)C1CCCN. The summed E-state index contributed by atoms with van der Waals surface area (Å²) in [6.45, 7) is 4.73. The number of hydrogen-bond donors (Lipinski definition) is 2. The van der Waals surface area contributed by atoms with E-state index in [4.69, 9.17) is 5.73 Å². The van der Waals surface area contributed by atoms with Gasteiger partial charge in [-0.3, -0.25) is 4.79 Å². The van der Waals surface area contributed by atoms with Crippen LogP contribution in [0.15, 0.2) is 5.10 Å². The van der Waals surface area contributed by atoms with E-state index in [-0.39, 0.29) is 23.8 Å². The number of amides is 1. The van der Waals surface area contributed by atoms with E-state index in [1.165, 1.54) is 0 Å². The maximum atomic E-state index is 12.5. The highest BCUT2D eigenvalue weighted by atomic mass is 16.3. The van der Waals surface area contributed by atoms with Crippen molar-refractivity contribution in [2.24, 2.45) is 22.7 Å². The zero-order valence-corrected chi connectivity index (χ0v) is 11.9. The summed E-state index contributed by atoms with van der Waals surface area (Å²) in [5.41, 5.74) is 6.50. The minimum atomic E-state index is -0.422. The Kier molecular flexibility index (Phi) is 4.58. The summed E-state index contributed by atoms with van der Waals surface area (Å²) >= 11 is 0. The van der Waals surface area contributed by atoms with Gasteiger partial charge in [0.15, 0.2) is 0 Å². The van der Waals surface area contributed by atoms with E-state index in [1.807, 2.05) is 0 Å². The number of carbonyl (C=O) groups excluding carboxylic acids is 1. The Hall–Kier alpha value is -0.940. The van der Waals surface area contributed by atoms with Crippen LogP contribution in [0, 0.1) is 11.8 Å². The molecule has 0 spiro atoms. The van der Waals surface area contributed by atoms with Gasteiger partial charge in [-0.05, 0) is 44.6 Å². The number of aliphatic hydroxyl groups excluding tert-OH is 1. The van der Waals surface area contributed by atoms with Gasteiger partial charge in [0.25, 0.3) is 5.91 Å². The Labute approximate surface area is 114 Å². The molecule has 1 fully saturated rings. The van der Waals surface area contributed by atoms with Gasteiger partial charge in [-0.15, -0.1) is 0 Å². The predicted octanol–water partition coefficient (Wildman–Crippen LogP) is 1.11. The minimum absolute atomic E-state index is 0.0584. The Morgan fingerprint density at radius 1 is 1.47 bits per heavy atom. The van der Waals surface area contributed by atoms with Crippen LogP contribution in [0.5, 0.6) is 0 Å². The van der Waals surface area contributed by atoms with E-state index in [0.717, 1.165) is 37.8 Å². The summed E-state index contributed by atoms with van der Waals surface area (Å²) < 4.78 is 0. The topological polar surface area (TPSA) is 78.9 Å². The van der Waals surface area contributed by atoms with Gasteiger partial charge >= 0.3 is 0 Å².